The monoisotopic (exact) mass is 578 g/mol. The average molecular weight is 579 g/mol. The highest BCUT2D eigenvalue weighted by atomic mass is 16.3. The van der Waals surface area contributed by atoms with Crippen molar-refractivity contribution in [3.05, 3.63) is 158 Å². The lowest BCUT2D eigenvalue weighted by Crippen LogP contribution is -2.00. The number of aromatic nitrogens is 4. The van der Waals surface area contributed by atoms with Crippen molar-refractivity contribution >= 4 is 11.1 Å². The van der Waals surface area contributed by atoms with E-state index < -0.39 is 0 Å². The molecule has 6 aromatic carbocycles. The highest BCUT2D eigenvalue weighted by Crippen LogP contribution is 2.37. The van der Waals surface area contributed by atoms with E-state index in [1.165, 1.54) is 0 Å². The van der Waals surface area contributed by atoms with Crippen molar-refractivity contribution in [2.24, 2.45) is 0 Å². The lowest BCUT2D eigenvalue weighted by Gasteiger charge is -2.14. The Morgan fingerprint density at radius 2 is 0.822 bits per heavy atom. The van der Waals surface area contributed by atoms with Crippen molar-refractivity contribution in [1.29, 1.82) is 0 Å². The van der Waals surface area contributed by atoms with E-state index >= 15 is 0 Å². The fraction of sp³-hybridized carbons (Fsp3) is 0. The molecule has 8 rings (SSSR count). The second-order valence-corrected chi connectivity index (χ2v) is 10.7. The summed E-state index contributed by atoms with van der Waals surface area (Å²) >= 11 is 0. The van der Waals surface area contributed by atoms with E-state index in [-0.39, 0.29) is 0 Å². The van der Waals surface area contributed by atoms with Gasteiger partial charge in [-0.1, -0.05) is 127 Å². The van der Waals surface area contributed by atoms with Crippen LogP contribution in [0.4, 0.5) is 0 Å². The summed E-state index contributed by atoms with van der Waals surface area (Å²) in [4.78, 5) is 19.5. The van der Waals surface area contributed by atoms with Crippen LogP contribution in [-0.4, -0.2) is 19.9 Å². The molecule has 0 N–H and O–H groups in total. The average Bonchev–Trinajstić information content (AvgIpc) is 3.56. The highest BCUT2D eigenvalue weighted by molar-refractivity contribution is 5.90. The molecule has 0 bridgehead atoms. The van der Waals surface area contributed by atoms with Gasteiger partial charge in [0, 0.05) is 22.3 Å². The molecule has 0 radical (unpaired) electrons. The zero-order valence-electron chi connectivity index (χ0n) is 24.2. The van der Waals surface area contributed by atoms with Crippen molar-refractivity contribution in [2.45, 2.75) is 0 Å². The molecule has 0 aliphatic rings. The third-order valence-corrected chi connectivity index (χ3v) is 7.78. The van der Waals surface area contributed by atoms with Crippen LogP contribution >= 0.6 is 0 Å². The summed E-state index contributed by atoms with van der Waals surface area (Å²) in [6.07, 6.45) is 0. The van der Waals surface area contributed by atoms with Gasteiger partial charge in [-0.25, -0.2) is 19.9 Å². The fourth-order valence-electron chi connectivity index (χ4n) is 5.53. The lowest BCUT2D eigenvalue weighted by molar-refractivity contribution is 0.620. The van der Waals surface area contributed by atoms with Crippen LogP contribution in [0.1, 0.15) is 0 Å². The molecular formula is C40H26N4O. The predicted molar refractivity (Wildman–Crippen MR) is 180 cm³/mol. The Kier molecular flexibility index (Phi) is 6.74. The van der Waals surface area contributed by atoms with Crippen molar-refractivity contribution in [3.63, 3.8) is 0 Å². The Bertz CT molecular complexity index is 2190. The van der Waals surface area contributed by atoms with E-state index in [0.717, 1.165) is 55.6 Å². The Balaban J connectivity index is 1.28. The van der Waals surface area contributed by atoms with Gasteiger partial charge in [0.2, 0.25) is 5.89 Å². The normalized spacial score (nSPS) is 11.1. The Morgan fingerprint density at radius 1 is 0.333 bits per heavy atom. The van der Waals surface area contributed by atoms with E-state index in [2.05, 4.69) is 54.6 Å². The number of hydrogen-bond acceptors (Lipinski definition) is 5. The first-order chi connectivity index (χ1) is 22.3. The highest BCUT2D eigenvalue weighted by Gasteiger charge is 2.16. The van der Waals surface area contributed by atoms with Crippen molar-refractivity contribution < 1.29 is 4.42 Å². The standard InChI is InChI=1S/C40H26N4O/c1-5-13-27(14-6-1)34-25-32(39-43-37(28-15-7-2-8-16-28)42-38(44-39)29-17-9-3-10-18-29)21-23-33(34)31-22-24-35-36(26-31)45-40(41-35)30-19-11-4-12-20-30/h1-26H. The molecule has 0 aliphatic heterocycles. The van der Waals surface area contributed by atoms with Gasteiger partial charge in [-0.3, -0.25) is 0 Å². The summed E-state index contributed by atoms with van der Waals surface area (Å²) in [5.41, 5.74) is 9.57. The molecule has 0 amide bonds. The van der Waals surface area contributed by atoms with Crippen LogP contribution in [-0.2, 0) is 0 Å². The van der Waals surface area contributed by atoms with Crippen LogP contribution in [0.2, 0.25) is 0 Å². The van der Waals surface area contributed by atoms with Crippen molar-refractivity contribution in [2.75, 3.05) is 0 Å². The molecule has 5 nitrogen and oxygen atoms in total. The topological polar surface area (TPSA) is 64.7 Å². The van der Waals surface area contributed by atoms with Crippen LogP contribution in [0.3, 0.4) is 0 Å². The first-order valence-electron chi connectivity index (χ1n) is 14.8. The minimum absolute atomic E-state index is 0.611. The van der Waals surface area contributed by atoms with Gasteiger partial charge in [0.1, 0.15) is 5.52 Å². The van der Waals surface area contributed by atoms with Crippen LogP contribution in [0.5, 0.6) is 0 Å². The van der Waals surface area contributed by atoms with Crippen molar-refractivity contribution in [1.82, 2.24) is 19.9 Å². The van der Waals surface area contributed by atoms with Gasteiger partial charge >= 0.3 is 0 Å². The first kappa shape index (κ1) is 26.4. The maximum atomic E-state index is 6.23. The summed E-state index contributed by atoms with van der Waals surface area (Å²) < 4.78 is 6.23. The molecular weight excluding hydrogens is 552 g/mol. The molecule has 0 spiro atoms. The second-order valence-electron chi connectivity index (χ2n) is 10.7. The molecule has 8 aromatic rings. The SMILES string of the molecule is c1ccc(-c2nc(-c3ccccc3)nc(-c3ccc(-c4ccc5nc(-c6ccccc6)oc5c4)c(-c4ccccc4)c3)n2)cc1. The van der Waals surface area contributed by atoms with Crippen LogP contribution < -0.4 is 0 Å². The number of oxazole rings is 1. The Morgan fingerprint density at radius 3 is 1.40 bits per heavy atom. The van der Waals surface area contributed by atoms with Crippen LogP contribution in [0.15, 0.2) is 162 Å². The molecule has 2 aromatic heterocycles. The third kappa shape index (κ3) is 5.28. The molecule has 45 heavy (non-hydrogen) atoms. The molecule has 5 heteroatoms. The van der Waals surface area contributed by atoms with Gasteiger partial charge in [-0.05, 0) is 52.6 Å². The zero-order valence-corrected chi connectivity index (χ0v) is 24.2. The van der Waals surface area contributed by atoms with Crippen molar-refractivity contribution in [3.8, 4) is 67.9 Å². The molecule has 2 heterocycles. The Hall–Kier alpha value is -6.20. The van der Waals surface area contributed by atoms with Gasteiger partial charge in [0.05, 0.1) is 0 Å². The first-order valence-corrected chi connectivity index (χ1v) is 14.8. The number of hydrogen-bond donors (Lipinski definition) is 0. The van der Waals surface area contributed by atoms with Gasteiger partial charge in [-0.2, -0.15) is 0 Å². The quantitative estimate of drug-likeness (QED) is 0.196. The summed E-state index contributed by atoms with van der Waals surface area (Å²) in [5, 5.41) is 0. The molecule has 0 atom stereocenters. The summed E-state index contributed by atoms with van der Waals surface area (Å²) in [6.45, 7) is 0. The van der Waals surface area contributed by atoms with E-state index in [1.807, 2.05) is 103 Å². The molecule has 0 unspecified atom stereocenters. The van der Waals surface area contributed by atoms with Crippen LogP contribution in [0.25, 0.3) is 79.0 Å². The molecule has 0 saturated heterocycles. The largest absolute Gasteiger partial charge is 0.436 e. The summed E-state index contributed by atoms with van der Waals surface area (Å²) in [7, 11) is 0. The minimum atomic E-state index is 0.611. The smallest absolute Gasteiger partial charge is 0.227 e. The number of benzene rings is 6. The predicted octanol–water partition coefficient (Wildman–Crippen LogP) is 10.0. The maximum Gasteiger partial charge on any atom is 0.227 e. The van der Waals surface area contributed by atoms with E-state index in [9.17, 15) is 0 Å². The third-order valence-electron chi connectivity index (χ3n) is 7.78. The van der Waals surface area contributed by atoms with E-state index in [4.69, 9.17) is 24.4 Å². The van der Waals surface area contributed by atoms with Gasteiger partial charge in [0.25, 0.3) is 0 Å². The second kappa shape index (κ2) is 11.5. The minimum Gasteiger partial charge on any atom is -0.436 e. The molecule has 0 aliphatic carbocycles. The van der Waals surface area contributed by atoms with Gasteiger partial charge in [0.15, 0.2) is 23.1 Å². The van der Waals surface area contributed by atoms with E-state index in [0.29, 0.717) is 23.4 Å². The molecule has 0 saturated carbocycles. The van der Waals surface area contributed by atoms with Crippen LogP contribution in [0, 0.1) is 0 Å². The number of nitrogens with zero attached hydrogens (tertiary/aromatic N) is 4. The Labute approximate surface area is 260 Å². The number of fused-ring (bicyclic) bond motifs is 1. The maximum absolute atomic E-state index is 6.23. The zero-order chi connectivity index (χ0) is 30.0. The number of rotatable bonds is 6. The lowest BCUT2D eigenvalue weighted by atomic mass is 9.92. The van der Waals surface area contributed by atoms with E-state index in [1.54, 1.807) is 0 Å². The van der Waals surface area contributed by atoms with Gasteiger partial charge < -0.3 is 4.42 Å². The molecule has 0 fully saturated rings. The van der Waals surface area contributed by atoms with Gasteiger partial charge in [-0.15, -0.1) is 0 Å². The fourth-order valence-corrected chi connectivity index (χ4v) is 5.53. The summed E-state index contributed by atoms with van der Waals surface area (Å²) in [6, 6.07) is 53.0. The molecule has 212 valence electrons. The summed E-state index contributed by atoms with van der Waals surface area (Å²) in [5.74, 6) is 2.49.